The number of rotatable bonds is 4. The molecule has 0 saturated heterocycles. The summed E-state index contributed by atoms with van der Waals surface area (Å²) in [6.07, 6.45) is -1.18. The molecule has 1 amide bonds. The van der Waals surface area contributed by atoms with Crippen molar-refractivity contribution >= 4 is 28.5 Å². The zero-order valence-electron chi connectivity index (χ0n) is 13.8. The predicted molar refractivity (Wildman–Crippen MR) is 94.5 cm³/mol. The number of carbonyl (C=O) groups is 2. The number of ether oxygens (including phenoxy) is 1. The van der Waals surface area contributed by atoms with Crippen molar-refractivity contribution < 1.29 is 18.7 Å². The van der Waals surface area contributed by atoms with Gasteiger partial charge in [-0.15, -0.1) is 0 Å². The quantitative estimate of drug-likeness (QED) is 0.705. The van der Waals surface area contributed by atoms with E-state index in [-0.39, 0.29) is 11.3 Å². The first-order valence-electron chi connectivity index (χ1n) is 7.84. The van der Waals surface area contributed by atoms with Crippen LogP contribution in [0.25, 0.3) is 10.9 Å². The zero-order valence-corrected chi connectivity index (χ0v) is 13.8. The number of H-pyrrole nitrogens is 1. The van der Waals surface area contributed by atoms with Crippen LogP contribution in [0.15, 0.2) is 59.4 Å². The van der Waals surface area contributed by atoms with Crippen LogP contribution < -0.4 is 10.9 Å². The van der Waals surface area contributed by atoms with Gasteiger partial charge in [0.2, 0.25) is 5.56 Å². The van der Waals surface area contributed by atoms with E-state index in [2.05, 4.69) is 10.3 Å². The summed E-state index contributed by atoms with van der Waals surface area (Å²) >= 11 is 0. The topological polar surface area (TPSA) is 88.3 Å². The van der Waals surface area contributed by atoms with Gasteiger partial charge in [0, 0.05) is 17.0 Å². The highest BCUT2D eigenvalue weighted by Crippen LogP contribution is 2.17. The summed E-state index contributed by atoms with van der Waals surface area (Å²) in [6, 6.07) is 13.5. The van der Waals surface area contributed by atoms with Crippen molar-refractivity contribution in [2.75, 3.05) is 5.32 Å². The first-order valence-corrected chi connectivity index (χ1v) is 7.84. The third kappa shape index (κ3) is 3.61. The van der Waals surface area contributed by atoms with E-state index in [1.165, 1.54) is 25.1 Å². The van der Waals surface area contributed by atoms with Crippen molar-refractivity contribution in [1.82, 2.24) is 4.98 Å². The largest absolute Gasteiger partial charge is 0.449 e. The second-order valence-electron chi connectivity index (χ2n) is 5.61. The van der Waals surface area contributed by atoms with Gasteiger partial charge in [-0.25, -0.2) is 9.18 Å². The molecule has 0 unspecified atom stereocenters. The number of fused-ring (bicyclic) bond motifs is 1. The molecule has 0 fully saturated rings. The Kier molecular flexibility index (Phi) is 4.79. The van der Waals surface area contributed by atoms with Crippen LogP contribution in [-0.2, 0) is 9.53 Å². The van der Waals surface area contributed by atoms with Gasteiger partial charge in [-0.3, -0.25) is 9.59 Å². The molecule has 0 aliphatic rings. The number of para-hydroxylation sites is 2. The Hall–Kier alpha value is -3.48. The number of esters is 1. The molecule has 2 N–H and O–H groups in total. The van der Waals surface area contributed by atoms with Crippen LogP contribution in [0.1, 0.15) is 17.3 Å². The molecule has 0 spiro atoms. The Balaban J connectivity index is 1.79. The fourth-order valence-electron chi connectivity index (χ4n) is 2.45. The van der Waals surface area contributed by atoms with Crippen LogP contribution in [0.2, 0.25) is 0 Å². The Labute approximate surface area is 147 Å². The lowest BCUT2D eigenvalue weighted by molar-refractivity contribution is -0.123. The molecule has 2 aromatic carbocycles. The summed E-state index contributed by atoms with van der Waals surface area (Å²) in [4.78, 5) is 38.9. The minimum absolute atomic E-state index is 0.0120. The van der Waals surface area contributed by atoms with Gasteiger partial charge < -0.3 is 15.0 Å². The van der Waals surface area contributed by atoms with Crippen molar-refractivity contribution in [2.24, 2.45) is 0 Å². The molecular weight excluding hydrogens is 339 g/mol. The predicted octanol–water partition coefficient (Wildman–Crippen LogP) is 2.85. The van der Waals surface area contributed by atoms with Crippen LogP contribution in [0.4, 0.5) is 10.1 Å². The second-order valence-corrected chi connectivity index (χ2v) is 5.61. The molecule has 1 atom stereocenters. The van der Waals surface area contributed by atoms with Crippen LogP contribution in [-0.4, -0.2) is 23.0 Å². The minimum Gasteiger partial charge on any atom is -0.449 e. The van der Waals surface area contributed by atoms with Gasteiger partial charge in [0.25, 0.3) is 5.91 Å². The summed E-state index contributed by atoms with van der Waals surface area (Å²) in [6.45, 7) is 1.36. The van der Waals surface area contributed by atoms with Gasteiger partial charge in [0.05, 0.1) is 11.3 Å². The van der Waals surface area contributed by atoms with Gasteiger partial charge in [-0.1, -0.05) is 30.3 Å². The van der Waals surface area contributed by atoms with Gasteiger partial charge in [0.15, 0.2) is 6.10 Å². The average molecular weight is 354 g/mol. The maximum Gasteiger partial charge on any atom is 0.339 e. The Morgan fingerprint density at radius 2 is 1.81 bits per heavy atom. The molecule has 0 aliphatic heterocycles. The number of aromatic amines is 1. The third-order valence-corrected chi connectivity index (χ3v) is 3.76. The standard InChI is InChI=1S/C19H15FN2O4/c1-11(18(24)22-16-9-5-3-7-14(16)20)26-19(25)13-10-17(23)21-15-8-4-2-6-12(13)15/h2-11H,1H3,(H,21,23)(H,22,24)/t11-/m1/s1. The van der Waals surface area contributed by atoms with Crippen LogP contribution >= 0.6 is 0 Å². The number of carbonyl (C=O) groups excluding carboxylic acids is 2. The molecule has 0 aliphatic carbocycles. The number of amides is 1. The number of nitrogens with one attached hydrogen (secondary N) is 2. The number of hydrogen-bond donors (Lipinski definition) is 2. The van der Waals surface area contributed by atoms with E-state index in [1.54, 1.807) is 30.3 Å². The summed E-state index contributed by atoms with van der Waals surface area (Å²) in [5.41, 5.74) is 0.0615. The fraction of sp³-hybridized carbons (Fsp3) is 0.105. The van der Waals surface area contributed by atoms with Crippen LogP contribution in [0.3, 0.4) is 0 Å². The second kappa shape index (κ2) is 7.18. The Morgan fingerprint density at radius 3 is 2.58 bits per heavy atom. The molecule has 6 nitrogen and oxygen atoms in total. The normalized spacial score (nSPS) is 11.8. The minimum atomic E-state index is -1.18. The highest BCUT2D eigenvalue weighted by atomic mass is 19.1. The third-order valence-electron chi connectivity index (χ3n) is 3.76. The lowest BCUT2D eigenvalue weighted by atomic mass is 10.1. The average Bonchev–Trinajstić information content (AvgIpc) is 2.62. The SMILES string of the molecule is C[C@@H](OC(=O)c1cc(=O)[nH]c2ccccc12)C(=O)Nc1ccccc1F. The van der Waals surface area contributed by atoms with Gasteiger partial charge >= 0.3 is 5.97 Å². The first-order chi connectivity index (χ1) is 12.5. The molecule has 1 aromatic heterocycles. The maximum absolute atomic E-state index is 13.6. The summed E-state index contributed by atoms with van der Waals surface area (Å²) < 4.78 is 18.7. The van der Waals surface area contributed by atoms with Crippen LogP contribution in [0, 0.1) is 5.82 Å². The Bertz CT molecular complexity index is 1040. The van der Waals surface area contributed by atoms with Crippen molar-refractivity contribution in [1.29, 1.82) is 0 Å². The van der Waals surface area contributed by atoms with E-state index in [0.717, 1.165) is 6.07 Å². The van der Waals surface area contributed by atoms with Crippen molar-refractivity contribution in [3.8, 4) is 0 Å². The van der Waals surface area contributed by atoms with Gasteiger partial charge in [-0.2, -0.15) is 0 Å². The molecule has 0 radical (unpaired) electrons. The molecule has 7 heteroatoms. The molecule has 3 rings (SSSR count). The smallest absolute Gasteiger partial charge is 0.339 e. The fourth-order valence-corrected chi connectivity index (χ4v) is 2.45. The van der Waals surface area contributed by atoms with E-state index in [1.807, 2.05) is 0 Å². The number of anilines is 1. The number of hydrogen-bond acceptors (Lipinski definition) is 4. The molecule has 0 saturated carbocycles. The molecule has 0 bridgehead atoms. The van der Waals surface area contributed by atoms with Crippen LogP contribution in [0.5, 0.6) is 0 Å². The first kappa shape index (κ1) is 17.3. The van der Waals surface area contributed by atoms with Crippen molar-refractivity contribution in [2.45, 2.75) is 13.0 Å². The highest BCUT2D eigenvalue weighted by Gasteiger charge is 2.21. The molecular formula is C19H15FN2O4. The van der Waals surface area contributed by atoms with E-state index < -0.39 is 29.4 Å². The van der Waals surface area contributed by atoms with E-state index in [4.69, 9.17) is 4.74 Å². The molecule has 132 valence electrons. The van der Waals surface area contributed by atoms with Gasteiger partial charge in [0.1, 0.15) is 5.82 Å². The molecule has 26 heavy (non-hydrogen) atoms. The van der Waals surface area contributed by atoms with Crippen molar-refractivity contribution in [3.05, 3.63) is 76.3 Å². The lowest BCUT2D eigenvalue weighted by Crippen LogP contribution is -2.30. The summed E-state index contributed by atoms with van der Waals surface area (Å²) in [5.74, 6) is -2.10. The van der Waals surface area contributed by atoms with Gasteiger partial charge in [-0.05, 0) is 25.1 Å². The number of aromatic nitrogens is 1. The lowest BCUT2D eigenvalue weighted by Gasteiger charge is -2.14. The molecule has 3 aromatic rings. The Morgan fingerprint density at radius 1 is 1.12 bits per heavy atom. The zero-order chi connectivity index (χ0) is 18.7. The highest BCUT2D eigenvalue weighted by molar-refractivity contribution is 6.04. The molecule has 1 heterocycles. The monoisotopic (exact) mass is 354 g/mol. The maximum atomic E-state index is 13.6. The summed E-state index contributed by atoms with van der Waals surface area (Å²) in [5, 5.41) is 2.86. The van der Waals surface area contributed by atoms with E-state index >= 15 is 0 Å². The number of pyridine rings is 1. The van der Waals surface area contributed by atoms with E-state index in [9.17, 15) is 18.8 Å². The van der Waals surface area contributed by atoms with E-state index in [0.29, 0.717) is 10.9 Å². The summed E-state index contributed by atoms with van der Waals surface area (Å²) in [7, 11) is 0. The van der Waals surface area contributed by atoms with Crippen molar-refractivity contribution in [3.63, 3.8) is 0 Å². The number of benzene rings is 2. The number of halogens is 1.